The smallest absolute Gasteiger partial charge is 0.239 e. The van der Waals surface area contributed by atoms with Gasteiger partial charge in [0, 0.05) is 11.6 Å². The molecule has 1 aromatic rings. The van der Waals surface area contributed by atoms with Crippen molar-refractivity contribution in [1.82, 2.24) is 0 Å². The van der Waals surface area contributed by atoms with Gasteiger partial charge in [-0.2, -0.15) is 0 Å². The maximum Gasteiger partial charge on any atom is 0.239 e. The molecule has 0 atom stereocenters. The molecule has 0 aliphatic rings. The molecular weight excluding hydrogens is 233 g/mol. The maximum absolute atomic E-state index is 11.0. The Labute approximate surface area is 98.9 Å². The highest BCUT2D eigenvalue weighted by Gasteiger charge is 1.98. The zero-order valence-corrected chi connectivity index (χ0v) is 9.55. The molecule has 0 saturated carbocycles. The highest BCUT2D eigenvalue weighted by atomic mass is 35.5. The quantitative estimate of drug-likeness (QED) is 0.810. The number of hydrogen-bond acceptors (Lipinski definition) is 1. The number of carbonyl (C=O) groups excluding carboxylic acids is 1. The summed E-state index contributed by atoms with van der Waals surface area (Å²) >= 11 is 10.9. The van der Waals surface area contributed by atoms with Crippen LogP contribution in [0.2, 0.25) is 0 Å². The number of rotatable bonds is 4. The summed E-state index contributed by atoms with van der Waals surface area (Å²) in [6, 6.07) is 7.43. The summed E-state index contributed by atoms with van der Waals surface area (Å²) in [4.78, 5) is 11.0. The molecule has 1 N–H and O–H groups in total. The van der Waals surface area contributed by atoms with Crippen LogP contribution in [0, 0.1) is 0 Å². The second kappa shape index (κ2) is 6.49. The summed E-state index contributed by atoms with van der Waals surface area (Å²) in [5, 5.41) is 2.65. The van der Waals surface area contributed by atoms with E-state index in [0.29, 0.717) is 5.88 Å². The number of anilines is 1. The van der Waals surface area contributed by atoms with Crippen LogP contribution in [0.4, 0.5) is 5.69 Å². The van der Waals surface area contributed by atoms with E-state index in [9.17, 15) is 4.79 Å². The lowest BCUT2D eigenvalue weighted by atomic mass is 10.2. The Morgan fingerprint density at radius 1 is 1.27 bits per heavy atom. The van der Waals surface area contributed by atoms with Crippen molar-refractivity contribution in [2.45, 2.75) is 0 Å². The predicted molar refractivity (Wildman–Crippen MR) is 65.5 cm³/mol. The monoisotopic (exact) mass is 243 g/mol. The Bertz CT molecular complexity index is 346. The predicted octanol–water partition coefficient (Wildman–Crippen LogP) is 3.12. The van der Waals surface area contributed by atoms with E-state index < -0.39 is 0 Å². The molecule has 0 radical (unpaired) electrons. The summed E-state index contributed by atoms with van der Waals surface area (Å²) in [6.07, 6.45) is 3.77. The molecule has 4 heteroatoms. The second-order valence-electron chi connectivity index (χ2n) is 2.86. The van der Waals surface area contributed by atoms with E-state index in [-0.39, 0.29) is 11.8 Å². The lowest BCUT2D eigenvalue weighted by Gasteiger charge is -2.02. The standard InChI is InChI=1S/C11H11Cl2NO/c12-7-1-2-9-3-5-10(6-4-9)14-11(15)8-13/h1-6H,7-8H2,(H,14,15). The van der Waals surface area contributed by atoms with Crippen molar-refractivity contribution in [2.75, 3.05) is 17.1 Å². The number of hydrogen-bond donors (Lipinski definition) is 1. The fourth-order valence-electron chi connectivity index (χ4n) is 1.05. The van der Waals surface area contributed by atoms with E-state index >= 15 is 0 Å². The third-order valence-electron chi connectivity index (χ3n) is 1.72. The zero-order valence-electron chi connectivity index (χ0n) is 8.04. The molecule has 0 unspecified atom stereocenters. The fraction of sp³-hybridized carbons (Fsp3) is 0.182. The molecule has 0 aliphatic heterocycles. The first kappa shape index (κ1) is 12.1. The van der Waals surface area contributed by atoms with Gasteiger partial charge in [0.1, 0.15) is 5.88 Å². The number of amides is 1. The van der Waals surface area contributed by atoms with Gasteiger partial charge in [0.15, 0.2) is 0 Å². The Hall–Kier alpha value is -0.990. The van der Waals surface area contributed by atoms with Gasteiger partial charge < -0.3 is 5.32 Å². The van der Waals surface area contributed by atoms with Gasteiger partial charge in [-0.3, -0.25) is 4.79 Å². The zero-order chi connectivity index (χ0) is 11.1. The van der Waals surface area contributed by atoms with Crippen LogP contribution < -0.4 is 5.32 Å². The van der Waals surface area contributed by atoms with Crippen LogP contribution in [0.25, 0.3) is 6.08 Å². The topological polar surface area (TPSA) is 29.1 Å². The molecule has 0 aromatic heterocycles. The second-order valence-corrected chi connectivity index (χ2v) is 3.44. The van der Waals surface area contributed by atoms with Crippen LogP contribution in [-0.2, 0) is 4.79 Å². The molecule has 0 saturated heterocycles. The fourth-order valence-corrected chi connectivity index (χ4v) is 1.21. The van der Waals surface area contributed by atoms with Gasteiger partial charge in [-0.15, -0.1) is 23.2 Å². The van der Waals surface area contributed by atoms with Gasteiger partial charge >= 0.3 is 0 Å². The molecule has 1 rings (SSSR count). The third kappa shape index (κ3) is 4.36. The maximum atomic E-state index is 11.0. The normalized spacial score (nSPS) is 10.5. The van der Waals surface area contributed by atoms with Crippen molar-refractivity contribution < 1.29 is 4.79 Å². The summed E-state index contributed by atoms with van der Waals surface area (Å²) in [7, 11) is 0. The van der Waals surface area contributed by atoms with Crippen molar-refractivity contribution in [1.29, 1.82) is 0 Å². The summed E-state index contributed by atoms with van der Waals surface area (Å²) < 4.78 is 0. The van der Waals surface area contributed by atoms with Crippen molar-refractivity contribution in [3.8, 4) is 0 Å². The van der Waals surface area contributed by atoms with Gasteiger partial charge in [-0.1, -0.05) is 24.3 Å². The minimum atomic E-state index is -0.208. The van der Waals surface area contributed by atoms with Gasteiger partial charge in [0.25, 0.3) is 0 Å². The molecule has 1 aromatic carbocycles. The highest BCUT2D eigenvalue weighted by Crippen LogP contribution is 2.10. The van der Waals surface area contributed by atoms with Crippen LogP contribution in [0.5, 0.6) is 0 Å². The van der Waals surface area contributed by atoms with Crippen molar-refractivity contribution in [3.05, 3.63) is 35.9 Å². The molecule has 0 spiro atoms. The van der Waals surface area contributed by atoms with Crippen LogP contribution >= 0.6 is 23.2 Å². The Morgan fingerprint density at radius 2 is 1.93 bits per heavy atom. The molecule has 2 nitrogen and oxygen atoms in total. The average molecular weight is 244 g/mol. The number of nitrogens with one attached hydrogen (secondary N) is 1. The van der Waals surface area contributed by atoms with Gasteiger partial charge in [0.05, 0.1) is 0 Å². The van der Waals surface area contributed by atoms with E-state index in [2.05, 4.69) is 5.32 Å². The SMILES string of the molecule is O=C(CCl)Nc1ccc(C=CCCl)cc1. The van der Waals surface area contributed by atoms with Crippen molar-refractivity contribution in [2.24, 2.45) is 0 Å². The van der Waals surface area contributed by atoms with Crippen molar-refractivity contribution >= 4 is 40.9 Å². The number of alkyl halides is 2. The van der Waals surface area contributed by atoms with Crippen LogP contribution in [0.15, 0.2) is 30.3 Å². The molecule has 0 aliphatic carbocycles. The van der Waals surface area contributed by atoms with Crippen LogP contribution in [0.1, 0.15) is 5.56 Å². The Kier molecular flexibility index (Phi) is 5.22. The summed E-state index contributed by atoms with van der Waals surface area (Å²) in [5.74, 6) is 0.249. The van der Waals surface area contributed by atoms with E-state index in [1.165, 1.54) is 0 Å². The van der Waals surface area contributed by atoms with Gasteiger partial charge in [-0.05, 0) is 17.7 Å². The van der Waals surface area contributed by atoms with Crippen molar-refractivity contribution in [3.63, 3.8) is 0 Å². The molecule has 0 fully saturated rings. The number of allylic oxidation sites excluding steroid dienone is 1. The number of halogens is 2. The van der Waals surface area contributed by atoms with Crippen LogP contribution in [0.3, 0.4) is 0 Å². The highest BCUT2D eigenvalue weighted by molar-refractivity contribution is 6.29. The van der Waals surface area contributed by atoms with E-state index in [1.54, 1.807) is 0 Å². The summed E-state index contributed by atoms with van der Waals surface area (Å²) in [5.41, 5.74) is 1.78. The van der Waals surface area contributed by atoms with Gasteiger partial charge in [-0.25, -0.2) is 0 Å². The molecule has 80 valence electrons. The molecule has 1 amide bonds. The molecule has 15 heavy (non-hydrogen) atoms. The Morgan fingerprint density at radius 3 is 2.47 bits per heavy atom. The van der Waals surface area contributed by atoms with Crippen LogP contribution in [-0.4, -0.2) is 17.7 Å². The lowest BCUT2D eigenvalue weighted by molar-refractivity contribution is -0.113. The van der Waals surface area contributed by atoms with Gasteiger partial charge in [0.2, 0.25) is 5.91 Å². The number of carbonyl (C=O) groups is 1. The minimum Gasteiger partial charge on any atom is -0.325 e. The molecule has 0 heterocycles. The number of benzene rings is 1. The first-order valence-electron chi connectivity index (χ1n) is 4.44. The van der Waals surface area contributed by atoms with E-state index in [1.807, 2.05) is 36.4 Å². The largest absolute Gasteiger partial charge is 0.325 e. The molecule has 0 bridgehead atoms. The Balaban J connectivity index is 2.64. The first-order chi connectivity index (χ1) is 7.26. The molecular formula is C11H11Cl2NO. The van der Waals surface area contributed by atoms with E-state index in [4.69, 9.17) is 23.2 Å². The lowest BCUT2D eigenvalue weighted by Crippen LogP contribution is -2.12. The first-order valence-corrected chi connectivity index (χ1v) is 5.51. The van der Waals surface area contributed by atoms with E-state index in [0.717, 1.165) is 11.3 Å². The average Bonchev–Trinajstić information content (AvgIpc) is 2.28. The summed E-state index contributed by atoms with van der Waals surface area (Å²) in [6.45, 7) is 0. The minimum absolute atomic E-state index is 0.0338. The third-order valence-corrected chi connectivity index (χ3v) is 2.14.